The van der Waals surface area contributed by atoms with Crippen molar-refractivity contribution in [3.63, 3.8) is 0 Å². The summed E-state index contributed by atoms with van der Waals surface area (Å²) in [7, 11) is 0. The van der Waals surface area contributed by atoms with Crippen molar-refractivity contribution in [1.29, 1.82) is 0 Å². The summed E-state index contributed by atoms with van der Waals surface area (Å²) in [5.41, 5.74) is 12.4. The molecule has 0 saturated carbocycles. The van der Waals surface area contributed by atoms with Crippen molar-refractivity contribution in [3.05, 3.63) is 132 Å². The molecule has 4 N–H and O–H groups in total. The van der Waals surface area contributed by atoms with E-state index in [1.807, 2.05) is 47.5 Å². The molecule has 8 heteroatoms. The molecule has 0 radical (unpaired) electrons. The van der Waals surface area contributed by atoms with E-state index in [0.717, 1.165) is 56.8 Å². The van der Waals surface area contributed by atoms with Crippen molar-refractivity contribution in [2.45, 2.75) is 25.8 Å². The third kappa shape index (κ3) is 8.20. The molecule has 1 atom stereocenters. The number of rotatable bonds is 8. The molecule has 1 fully saturated rings. The van der Waals surface area contributed by atoms with E-state index >= 15 is 0 Å². The van der Waals surface area contributed by atoms with Crippen LogP contribution in [0.25, 0.3) is 10.9 Å². The Bertz CT molecular complexity index is 1750. The molecule has 1 aromatic heterocycles. The first kappa shape index (κ1) is 31.9. The topological polar surface area (TPSA) is 97.7 Å². The second-order valence-electron chi connectivity index (χ2n) is 12.3. The van der Waals surface area contributed by atoms with Crippen LogP contribution in [0.1, 0.15) is 23.1 Å². The van der Waals surface area contributed by atoms with Crippen molar-refractivity contribution < 1.29 is 9.59 Å². The van der Waals surface area contributed by atoms with E-state index in [-0.39, 0.29) is 11.9 Å². The van der Waals surface area contributed by atoms with Gasteiger partial charge >= 0.3 is 6.03 Å². The van der Waals surface area contributed by atoms with Crippen molar-refractivity contribution >= 4 is 34.2 Å². The molecular weight excluding hydrogens is 584 g/mol. The Morgan fingerprint density at radius 2 is 1.49 bits per heavy atom. The van der Waals surface area contributed by atoms with Gasteiger partial charge in [-0.3, -0.25) is 4.79 Å². The van der Waals surface area contributed by atoms with Crippen molar-refractivity contribution in [3.8, 4) is 0 Å². The van der Waals surface area contributed by atoms with Crippen LogP contribution in [0.4, 0.5) is 16.2 Å². The Hall–Kier alpha value is -5.08. The van der Waals surface area contributed by atoms with Gasteiger partial charge in [-0.25, -0.2) is 4.79 Å². The fraction of sp³-hybridized carbons (Fsp3) is 0.282. The highest BCUT2D eigenvalue weighted by Crippen LogP contribution is 2.30. The number of fused-ring (bicyclic) bond motifs is 2. The number of aromatic amines is 1. The van der Waals surface area contributed by atoms with Gasteiger partial charge in [0.15, 0.2) is 0 Å². The predicted octanol–water partition coefficient (Wildman–Crippen LogP) is 5.98. The summed E-state index contributed by atoms with van der Waals surface area (Å²) in [5.74, 6) is 0.612. The number of piperazine rings is 1. The molecule has 0 spiro atoms. The lowest BCUT2D eigenvalue weighted by atomic mass is 9.91. The smallest absolute Gasteiger partial charge is 0.314 e. The summed E-state index contributed by atoms with van der Waals surface area (Å²) in [5, 5.41) is 4.80. The van der Waals surface area contributed by atoms with Crippen LogP contribution in [0.3, 0.4) is 0 Å². The highest BCUT2D eigenvalue weighted by Gasteiger charge is 2.28. The number of carbonyl (C=O) groups is 2. The van der Waals surface area contributed by atoms with Gasteiger partial charge in [-0.1, -0.05) is 84.9 Å². The van der Waals surface area contributed by atoms with Crippen LogP contribution in [0.15, 0.2) is 115 Å². The lowest BCUT2D eigenvalue weighted by Gasteiger charge is -2.35. The third-order valence-corrected chi connectivity index (χ3v) is 9.13. The number of nitrogens with zero attached hydrogens (tertiary/aromatic N) is 3. The first-order valence-electron chi connectivity index (χ1n) is 16.6. The Balaban J connectivity index is 0.000000215. The van der Waals surface area contributed by atoms with E-state index in [0.29, 0.717) is 25.4 Å². The minimum absolute atomic E-state index is 0.204. The molecule has 3 amide bonds. The zero-order valence-corrected chi connectivity index (χ0v) is 26.9. The zero-order valence-electron chi connectivity index (χ0n) is 26.9. The van der Waals surface area contributed by atoms with Gasteiger partial charge in [-0.15, -0.1) is 0 Å². The largest absolute Gasteiger partial charge is 0.368 e. The number of anilines is 2. The lowest BCUT2D eigenvalue weighted by Crippen LogP contribution is -2.50. The second kappa shape index (κ2) is 15.5. The van der Waals surface area contributed by atoms with E-state index in [4.69, 9.17) is 5.73 Å². The van der Waals surface area contributed by atoms with Crippen LogP contribution < -0.4 is 20.9 Å². The lowest BCUT2D eigenvalue weighted by molar-refractivity contribution is -0.118. The number of nitrogens with two attached hydrogens (primary N) is 1. The average Bonchev–Trinajstić information content (AvgIpc) is 3.54. The number of H-pyrrole nitrogens is 1. The third-order valence-electron chi connectivity index (χ3n) is 9.13. The van der Waals surface area contributed by atoms with Gasteiger partial charge in [0.25, 0.3) is 0 Å². The summed E-state index contributed by atoms with van der Waals surface area (Å²) >= 11 is 0. The monoisotopic (exact) mass is 628 g/mol. The van der Waals surface area contributed by atoms with Crippen LogP contribution in [-0.2, 0) is 24.2 Å². The van der Waals surface area contributed by atoms with Crippen LogP contribution in [0.5, 0.6) is 0 Å². The molecule has 0 aliphatic carbocycles. The number of nitrogens with one attached hydrogen (secondary N) is 2. The molecular formula is C39H44N6O2. The maximum absolute atomic E-state index is 13.3. The van der Waals surface area contributed by atoms with Crippen molar-refractivity contribution in [2.75, 3.05) is 49.1 Å². The van der Waals surface area contributed by atoms with E-state index in [1.54, 1.807) is 4.90 Å². The van der Waals surface area contributed by atoms with Crippen LogP contribution in [0, 0.1) is 5.92 Å². The van der Waals surface area contributed by atoms with Gasteiger partial charge < -0.3 is 30.7 Å². The number of hydrogen-bond donors (Lipinski definition) is 3. The molecule has 7 rings (SSSR count). The summed E-state index contributed by atoms with van der Waals surface area (Å²) in [6.45, 7) is 5.66. The number of amides is 3. The summed E-state index contributed by atoms with van der Waals surface area (Å²) in [4.78, 5) is 33.5. The maximum atomic E-state index is 13.3. The van der Waals surface area contributed by atoms with E-state index in [9.17, 15) is 9.59 Å². The van der Waals surface area contributed by atoms with Gasteiger partial charge in [0.05, 0.1) is 0 Å². The Morgan fingerprint density at radius 1 is 0.809 bits per heavy atom. The number of hydrogen-bond acceptors (Lipinski definition) is 4. The molecule has 8 nitrogen and oxygen atoms in total. The molecule has 2 aliphatic rings. The van der Waals surface area contributed by atoms with Gasteiger partial charge in [0, 0.05) is 80.7 Å². The van der Waals surface area contributed by atoms with Gasteiger partial charge in [0.1, 0.15) is 0 Å². The Kier molecular flexibility index (Phi) is 10.5. The van der Waals surface area contributed by atoms with E-state index in [1.165, 1.54) is 27.8 Å². The van der Waals surface area contributed by atoms with Crippen LogP contribution >= 0.6 is 0 Å². The van der Waals surface area contributed by atoms with Crippen LogP contribution in [-0.4, -0.2) is 61.1 Å². The van der Waals surface area contributed by atoms with Gasteiger partial charge in [0.2, 0.25) is 5.91 Å². The molecule has 2 aliphatic heterocycles. The highest BCUT2D eigenvalue weighted by molar-refractivity contribution is 5.95. The van der Waals surface area contributed by atoms with Gasteiger partial charge in [-0.05, 0) is 59.7 Å². The standard InChI is InChI=1S/C28H29N3O.C11H15N3O/c32-28(15-14-24-19-30-26-12-6-5-11-25(24)26)31-20-22(16-23-10-4-7-13-27(23)31)18-29-17-21-8-2-1-3-9-21;12-11(15)14-8-6-13(7-9-14)10-4-2-1-3-5-10/h1-13,19,22,29-30H,14-18,20H2;1-5H,6-9H2,(H2,12,15). The molecule has 3 heterocycles. The quantitative estimate of drug-likeness (QED) is 0.197. The SMILES string of the molecule is NC(=O)N1CCN(c2ccccc2)CC1.O=C(CCc1c[nH]c2ccccc12)N1CC(CNCc2ccccc2)Cc2ccccc21. The summed E-state index contributed by atoms with van der Waals surface area (Å²) in [6.07, 6.45) is 4.31. The number of carbonyl (C=O) groups excluding carboxylic acids is 2. The fourth-order valence-electron chi connectivity index (χ4n) is 6.61. The number of aromatic nitrogens is 1. The number of benzene rings is 4. The van der Waals surface area contributed by atoms with Crippen molar-refractivity contribution in [2.24, 2.45) is 11.7 Å². The second-order valence-corrected chi connectivity index (χ2v) is 12.3. The van der Waals surface area contributed by atoms with Crippen molar-refractivity contribution in [1.82, 2.24) is 15.2 Å². The number of para-hydroxylation sites is 3. The minimum Gasteiger partial charge on any atom is -0.368 e. The maximum Gasteiger partial charge on any atom is 0.314 e. The first-order chi connectivity index (χ1) is 23.0. The average molecular weight is 629 g/mol. The van der Waals surface area contributed by atoms with Gasteiger partial charge in [-0.2, -0.15) is 0 Å². The highest BCUT2D eigenvalue weighted by atomic mass is 16.2. The predicted molar refractivity (Wildman–Crippen MR) is 191 cm³/mol. The van der Waals surface area contributed by atoms with E-state index in [2.05, 4.69) is 88.0 Å². The fourth-order valence-corrected chi connectivity index (χ4v) is 6.61. The molecule has 242 valence electrons. The number of aryl methyl sites for hydroxylation is 1. The zero-order chi connectivity index (χ0) is 32.4. The normalized spacial score (nSPS) is 15.9. The molecule has 4 aromatic carbocycles. The van der Waals surface area contributed by atoms with Crippen LogP contribution in [0.2, 0.25) is 0 Å². The molecule has 5 aromatic rings. The van der Waals surface area contributed by atoms with E-state index < -0.39 is 0 Å². The molecule has 1 saturated heterocycles. The number of urea groups is 1. The Labute approximate surface area is 277 Å². The first-order valence-corrected chi connectivity index (χ1v) is 16.6. The summed E-state index contributed by atoms with van der Waals surface area (Å²) < 4.78 is 0. The summed E-state index contributed by atoms with van der Waals surface area (Å²) in [6, 6.07) is 37.0. The Morgan fingerprint density at radius 3 is 2.26 bits per heavy atom. The molecule has 0 bridgehead atoms. The molecule has 1 unspecified atom stereocenters. The number of primary amides is 1. The molecule has 47 heavy (non-hydrogen) atoms. The minimum atomic E-state index is -0.317.